The summed E-state index contributed by atoms with van der Waals surface area (Å²) in [6.45, 7) is 7.43. The first kappa shape index (κ1) is 25.8. The van der Waals surface area contributed by atoms with E-state index in [0.717, 1.165) is 19.5 Å². The van der Waals surface area contributed by atoms with E-state index in [4.69, 9.17) is 24.5 Å². The number of hydrogen-bond acceptors (Lipinski definition) is 5. The monoisotopic (exact) mass is 426 g/mol. The van der Waals surface area contributed by atoms with Crippen LogP contribution in [0.3, 0.4) is 0 Å². The number of carbonyl (C=O) groups excluding carboxylic acids is 1. The van der Waals surface area contributed by atoms with Crippen molar-refractivity contribution < 1.29 is 55.7 Å². The van der Waals surface area contributed by atoms with E-state index in [2.05, 4.69) is 5.32 Å². The normalized spacial score (nSPS) is 21.1. The van der Waals surface area contributed by atoms with Gasteiger partial charge in [0.15, 0.2) is 0 Å². The maximum Gasteiger partial charge on any atom is 0.490 e. The Hall–Kier alpha value is -2.25. The number of piperazine rings is 1. The molecule has 2 heterocycles. The minimum Gasteiger partial charge on any atom is -0.475 e. The van der Waals surface area contributed by atoms with Crippen molar-refractivity contribution in [3.05, 3.63) is 0 Å². The highest BCUT2D eigenvalue weighted by atomic mass is 19.4. The number of carboxylic acid groups (broad SMARTS) is 2. The summed E-state index contributed by atoms with van der Waals surface area (Å²) in [6, 6.07) is 0.849. The van der Waals surface area contributed by atoms with Gasteiger partial charge in [0.2, 0.25) is 0 Å². The molecule has 0 radical (unpaired) electrons. The van der Waals surface area contributed by atoms with E-state index in [1.165, 1.54) is 0 Å². The Bertz CT molecular complexity index is 548. The van der Waals surface area contributed by atoms with Gasteiger partial charge in [-0.1, -0.05) is 0 Å². The molecule has 2 saturated heterocycles. The summed E-state index contributed by atoms with van der Waals surface area (Å²) in [6.07, 6.45) is -9.24. The molecule has 0 aromatic heterocycles. The molecule has 2 atom stereocenters. The van der Waals surface area contributed by atoms with Gasteiger partial charge in [-0.15, -0.1) is 0 Å². The van der Waals surface area contributed by atoms with Crippen molar-refractivity contribution in [2.45, 2.75) is 57.2 Å². The maximum absolute atomic E-state index is 11.7. The SMILES string of the molecule is CC(C)(C)OC(=O)N1CC2CC1CN2.O=C(O)C(F)(F)F.O=C(O)C(F)(F)F. The van der Waals surface area contributed by atoms with Crippen LogP contribution in [0.4, 0.5) is 31.1 Å². The van der Waals surface area contributed by atoms with Crippen molar-refractivity contribution in [2.24, 2.45) is 0 Å². The third kappa shape index (κ3) is 9.62. The Balaban J connectivity index is 0.000000444. The van der Waals surface area contributed by atoms with Crippen LogP contribution in [0, 0.1) is 0 Å². The molecule has 3 N–H and O–H groups in total. The van der Waals surface area contributed by atoms with E-state index < -0.39 is 24.3 Å². The first-order valence-electron chi connectivity index (χ1n) is 7.67. The van der Waals surface area contributed by atoms with Crippen LogP contribution in [0.25, 0.3) is 0 Å². The van der Waals surface area contributed by atoms with Crippen molar-refractivity contribution in [2.75, 3.05) is 13.1 Å². The molecule has 0 saturated carbocycles. The number of fused-ring (bicyclic) bond motifs is 2. The number of nitrogens with zero attached hydrogens (tertiary/aromatic N) is 1. The lowest BCUT2D eigenvalue weighted by molar-refractivity contribution is -0.193. The number of halogens is 6. The Morgan fingerprint density at radius 1 is 0.964 bits per heavy atom. The molecule has 0 aromatic rings. The average molecular weight is 426 g/mol. The molecule has 28 heavy (non-hydrogen) atoms. The smallest absolute Gasteiger partial charge is 0.475 e. The number of hydrogen-bond donors (Lipinski definition) is 3. The predicted molar refractivity (Wildman–Crippen MR) is 80.5 cm³/mol. The highest BCUT2D eigenvalue weighted by Crippen LogP contribution is 2.25. The van der Waals surface area contributed by atoms with E-state index in [1.54, 1.807) is 0 Å². The van der Waals surface area contributed by atoms with Gasteiger partial charge in [0.05, 0.1) is 0 Å². The van der Waals surface area contributed by atoms with Crippen molar-refractivity contribution in [3.8, 4) is 0 Å². The third-order valence-electron chi connectivity index (χ3n) is 3.17. The summed E-state index contributed by atoms with van der Waals surface area (Å²) < 4.78 is 68.8. The molecule has 0 spiro atoms. The molecule has 2 aliphatic rings. The number of carboxylic acids is 2. The Morgan fingerprint density at radius 3 is 1.57 bits per heavy atom. The summed E-state index contributed by atoms with van der Waals surface area (Å²) in [5, 5.41) is 17.6. The number of aliphatic carboxylic acids is 2. The number of carbonyl (C=O) groups is 3. The standard InChI is InChI=1S/C10H18N2O2.2C2HF3O2/c1-10(2,3)14-9(13)12-6-7-4-8(12)5-11-7;2*3-2(4,5)1(6)7/h7-8,11H,4-6H2,1-3H3;2*(H,6,7). The van der Waals surface area contributed by atoms with E-state index in [9.17, 15) is 31.1 Å². The molecule has 0 aliphatic carbocycles. The zero-order valence-corrected chi connectivity index (χ0v) is 15.0. The molecule has 2 aliphatic heterocycles. The Labute approximate surface area is 155 Å². The number of rotatable bonds is 0. The molecule has 2 rings (SSSR count). The molecular formula is C14H20F6N2O6. The van der Waals surface area contributed by atoms with Gasteiger partial charge in [0.25, 0.3) is 0 Å². The quantitative estimate of drug-likeness (QED) is 0.509. The Kier molecular flexibility index (Phi) is 8.55. The molecule has 8 nitrogen and oxygen atoms in total. The van der Waals surface area contributed by atoms with Crippen LogP contribution in [0.1, 0.15) is 27.2 Å². The van der Waals surface area contributed by atoms with Crippen LogP contribution in [-0.4, -0.2) is 76.3 Å². The lowest BCUT2D eigenvalue weighted by atomic mass is 10.2. The highest BCUT2D eigenvalue weighted by Gasteiger charge is 2.42. The van der Waals surface area contributed by atoms with Crippen LogP contribution < -0.4 is 5.32 Å². The summed E-state index contributed by atoms with van der Waals surface area (Å²) in [5.74, 6) is -5.51. The molecule has 1 amide bonds. The second-order valence-corrected chi connectivity index (χ2v) is 6.73. The van der Waals surface area contributed by atoms with Crippen molar-refractivity contribution in [1.29, 1.82) is 0 Å². The van der Waals surface area contributed by atoms with Gasteiger partial charge in [-0.2, -0.15) is 26.3 Å². The van der Waals surface area contributed by atoms with Crippen molar-refractivity contribution in [3.63, 3.8) is 0 Å². The zero-order chi connectivity index (χ0) is 22.5. The fourth-order valence-electron chi connectivity index (χ4n) is 2.10. The number of amides is 1. The second-order valence-electron chi connectivity index (χ2n) is 6.73. The third-order valence-corrected chi connectivity index (χ3v) is 3.17. The minimum atomic E-state index is -5.08. The Morgan fingerprint density at radius 2 is 1.36 bits per heavy atom. The average Bonchev–Trinajstić information content (AvgIpc) is 3.07. The van der Waals surface area contributed by atoms with Crippen LogP contribution in [0.2, 0.25) is 0 Å². The summed E-state index contributed by atoms with van der Waals surface area (Å²) >= 11 is 0. The number of likely N-dealkylation sites (tertiary alicyclic amines) is 1. The lowest BCUT2D eigenvalue weighted by Crippen LogP contribution is -2.48. The van der Waals surface area contributed by atoms with Gasteiger partial charge in [-0.3, -0.25) is 0 Å². The van der Waals surface area contributed by atoms with Gasteiger partial charge in [-0.05, 0) is 27.2 Å². The molecule has 0 aromatic carbocycles. The van der Waals surface area contributed by atoms with Crippen LogP contribution in [-0.2, 0) is 14.3 Å². The summed E-state index contributed by atoms with van der Waals surface area (Å²) in [7, 11) is 0. The second kappa shape index (κ2) is 9.30. The van der Waals surface area contributed by atoms with Crippen LogP contribution in [0.5, 0.6) is 0 Å². The fourth-order valence-corrected chi connectivity index (χ4v) is 2.10. The molecular weight excluding hydrogens is 406 g/mol. The largest absolute Gasteiger partial charge is 0.490 e. The van der Waals surface area contributed by atoms with E-state index in [-0.39, 0.29) is 11.7 Å². The fraction of sp³-hybridized carbons (Fsp3) is 0.786. The highest BCUT2D eigenvalue weighted by molar-refractivity contribution is 5.73. The number of ether oxygens (including phenoxy) is 1. The van der Waals surface area contributed by atoms with E-state index >= 15 is 0 Å². The number of alkyl halides is 6. The maximum atomic E-state index is 11.7. The van der Waals surface area contributed by atoms with Gasteiger partial charge in [0, 0.05) is 25.2 Å². The topological polar surface area (TPSA) is 116 Å². The lowest BCUT2D eigenvalue weighted by Gasteiger charge is -2.30. The molecule has 164 valence electrons. The van der Waals surface area contributed by atoms with Gasteiger partial charge >= 0.3 is 30.4 Å². The first-order valence-corrected chi connectivity index (χ1v) is 7.67. The van der Waals surface area contributed by atoms with E-state index in [0.29, 0.717) is 12.1 Å². The van der Waals surface area contributed by atoms with Crippen LogP contribution in [0.15, 0.2) is 0 Å². The van der Waals surface area contributed by atoms with E-state index in [1.807, 2.05) is 25.7 Å². The number of nitrogens with one attached hydrogen (secondary N) is 1. The van der Waals surface area contributed by atoms with Gasteiger partial charge < -0.3 is 25.2 Å². The van der Waals surface area contributed by atoms with Crippen molar-refractivity contribution >= 4 is 18.0 Å². The van der Waals surface area contributed by atoms with Gasteiger partial charge in [-0.25, -0.2) is 14.4 Å². The molecule has 14 heteroatoms. The molecule has 2 unspecified atom stereocenters. The molecule has 2 bridgehead atoms. The van der Waals surface area contributed by atoms with Gasteiger partial charge in [0.1, 0.15) is 5.60 Å². The van der Waals surface area contributed by atoms with Crippen molar-refractivity contribution in [1.82, 2.24) is 10.2 Å². The summed E-state index contributed by atoms with van der Waals surface area (Å²) in [5.41, 5.74) is -0.383. The predicted octanol–water partition coefficient (Wildman–Crippen LogP) is 2.23. The zero-order valence-electron chi connectivity index (χ0n) is 15.0. The van der Waals surface area contributed by atoms with Crippen LogP contribution >= 0.6 is 0 Å². The first-order chi connectivity index (χ1) is 12.3. The summed E-state index contributed by atoms with van der Waals surface area (Å²) in [4.78, 5) is 31.4. The minimum absolute atomic E-state index is 0.161. The molecule has 2 fully saturated rings.